The number of ether oxygens (including phenoxy) is 1. The van der Waals surface area contributed by atoms with Crippen molar-refractivity contribution in [1.29, 1.82) is 0 Å². The molecule has 1 aromatic rings. The molecular formula is C22H29N3O4. The van der Waals surface area contributed by atoms with Crippen molar-refractivity contribution in [1.82, 2.24) is 14.7 Å². The summed E-state index contributed by atoms with van der Waals surface area (Å²) in [4.78, 5) is 43.0. The third-order valence-corrected chi connectivity index (χ3v) is 6.69. The third-order valence-electron chi connectivity index (χ3n) is 6.69. The molecule has 0 N–H and O–H groups in total. The molecule has 3 aliphatic rings. The lowest BCUT2D eigenvalue weighted by Gasteiger charge is -2.54. The van der Waals surface area contributed by atoms with E-state index in [0.717, 1.165) is 24.8 Å². The molecule has 4 rings (SSSR count). The number of piperidine rings is 1. The molecule has 29 heavy (non-hydrogen) atoms. The molecule has 0 aromatic heterocycles. The Labute approximate surface area is 171 Å². The maximum atomic E-state index is 13.0. The Morgan fingerprint density at radius 3 is 2.69 bits per heavy atom. The molecule has 3 fully saturated rings. The van der Waals surface area contributed by atoms with E-state index in [1.807, 2.05) is 37.4 Å². The fourth-order valence-electron chi connectivity index (χ4n) is 4.92. The summed E-state index contributed by atoms with van der Waals surface area (Å²) in [6, 6.07) is 9.95. The first-order valence-electron chi connectivity index (χ1n) is 10.5. The second-order valence-electron chi connectivity index (χ2n) is 8.26. The van der Waals surface area contributed by atoms with Crippen molar-refractivity contribution in [3.63, 3.8) is 0 Å². The van der Waals surface area contributed by atoms with Crippen LogP contribution in [0.4, 0.5) is 0 Å². The molecule has 0 unspecified atom stereocenters. The van der Waals surface area contributed by atoms with Crippen LogP contribution in [-0.4, -0.2) is 78.4 Å². The van der Waals surface area contributed by atoms with Crippen molar-refractivity contribution < 1.29 is 19.1 Å². The average Bonchev–Trinajstić information content (AvgIpc) is 2.95. The van der Waals surface area contributed by atoms with Gasteiger partial charge in [-0.2, -0.15) is 0 Å². The number of hydrogen-bond donors (Lipinski definition) is 0. The number of hydrogen-bond acceptors (Lipinski definition) is 4. The van der Waals surface area contributed by atoms with E-state index in [1.54, 1.807) is 14.7 Å². The Balaban J connectivity index is 1.52. The Kier molecular flexibility index (Phi) is 5.58. The number of benzene rings is 1. The minimum absolute atomic E-state index is 0.0302. The highest BCUT2D eigenvalue weighted by Crippen LogP contribution is 2.42. The van der Waals surface area contributed by atoms with Crippen LogP contribution in [0.15, 0.2) is 30.3 Å². The van der Waals surface area contributed by atoms with Gasteiger partial charge in [-0.1, -0.05) is 36.8 Å². The normalized spacial score (nSPS) is 28.2. The minimum Gasteiger partial charge on any atom is -0.364 e. The van der Waals surface area contributed by atoms with Gasteiger partial charge >= 0.3 is 0 Å². The number of likely N-dealkylation sites (tertiary alicyclic amines) is 2. The van der Waals surface area contributed by atoms with Crippen LogP contribution < -0.4 is 0 Å². The number of fused-ring (bicyclic) bond motifs is 1. The first-order chi connectivity index (χ1) is 14.0. The third kappa shape index (κ3) is 3.64. The summed E-state index contributed by atoms with van der Waals surface area (Å²) in [5.74, 6) is -0.00385. The van der Waals surface area contributed by atoms with Gasteiger partial charge in [-0.05, 0) is 24.8 Å². The van der Waals surface area contributed by atoms with Crippen LogP contribution in [0, 0.1) is 0 Å². The summed E-state index contributed by atoms with van der Waals surface area (Å²) in [6.07, 6.45) is 3.76. The van der Waals surface area contributed by atoms with Crippen LogP contribution in [0.3, 0.4) is 0 Å². The smallest absolute Gasteiger partial charge is 0.249 e. The van der Waals surface area contributed by atoms with E-state index in [4.69, 9.17) is 4.74 Å². The summed E-state index contributed by atoms with van der Waals surface area (Å²) in [7, 11) is 1.83. The van der Waals surface area contributed by atoms with Crippen molar-refractivity contribution in [2.45, 2.75) is 43.7 Å². The Bertz CT molecular complexity index is 784. The van der Waals surface area contributed by atoms with Crippen LogP contribution in [0.25, 0.3) is 0 Å². The van der Waals surface area contributed by atoms with Gasteiger partial charge in [-0.3, -0.25) is 14.4 Å². The van der Waals surface area contributed by atoms with E-state index >= 15 is 0 Å². The summed E-state index contributed by atoms with van der Waals surface area (Å²) in [5.41, 5.74) is 0.474. The fraction of sp³-hybridized carbons (Fsp3) is 0.591. The fourth-order valence-corrected chi connectivity index (χ4v) is 4.92. The average molecular weight is 399 g/mol. The summed E-state index contributed by atoms with van der Waals surface area (Å²) in [6.45, 7) is 1.78. The second-order valence-corrected chi connectivity index (χ2v) is 8.26. The molecule has 0 spiro atoms. The summed E-state index contributed by atoms with van der Waals surface area (Å²) < 4.78 is 5.97. The van der Waals surface area contributed by atoms with Gasteiger partial charge in [0, 0.05) is 33.1 Å². The first kappa shape index (κ1) is 19.9. The van der Waals surface area contributed by atoms with Gasteiger partial charge in [0.15, 0.2) is 0 Å². The molecule has 7 nitrogen and oxygen atoms in total. The van der Waals surface area contributed by atoms with E-state index in [2.05, 4.69) is 0 Å². The number of likely N-dealkylation sites (N-methyl/N-ethyl adjacent to an activating group) is 1. The SMILES string of the molecule is CN1C(=O)CO[C@@H]2CN(C(=O)CN3CCCCCC3=O)CC[C@]21c1ccccc1. The van der Waals surface area contributed by atoms with Crippen LogP contribution in [0.1, 0.15) is 37.7 Å². The molecule has 0 radical (unpaired) electrons. The molecule has 2 atom stereocenters. The van der Waals surface area contributed by atoms with Crippen LogP contribution in [0.2, 0.25) is 0 Å². The lowest BCUT2D eigenvalue weighted by atomic mass is 9.76. The van der Waals surface area contributed by atoms with Crippen molar-refractivity contribution >= 4 is 17.7 Å². The predicted molar refractivity (Wildman–Crippen MR) is 107 cm³/mol. The topological polar surface area (TPSA) is 70.2 Å². The van der Waals surface area contributed by atoms with E-state index < -0.39 is 5.54 Å². The number of amides is 3. The van der Waals surface area contributed by atoms with E-state index in [9.17, 15) is 14.4 Å². The lowest BCUT2D eigenvalue weighted by molar-refractivity contribution is -0.184. The highest BCUT2D eigenvalue weighted by molar-refractivity contribution is 5.85. The molecule has 1 aromatic carbocycles. The predicted octanol–water partition coefficient (Wildman–Crippen LogP) is 1.37. The van der Waals surface area contributed by atoms with Crippen molar-refractivity contribution in [3.05, 3.63) is 35.9 Å². The zero-order valence-corrected chi connectivity index (χ0v) is 17.0. The monoisotopic (exact) mass is 399 g/mol. The molecule has 3 amide bonds. The lowest BCUT2D eigenvalue weighted by Crippen LogP contribution is -2.67. The summed E-state index contributed by atoms with van der Waals surface area (Å²) in [5, 5.41) is 0. The zero-order valence-electron chi connectivity index (χ0n) is 17.0. The Hall–Kier alpha value is -2.41. The van der Waals surface area contributed by atoms with E-state index in [1.165, 1.54) is 0 Å². The van der Waals surface area contributed by atoms with Gasteiger partial charge in [0.1, 0.15) is 12.7 Å². The van der Waals surface area contributed by atoms with Crippen molar-refractivity contribution in [2.75, 3.05) is 39.8 Å². The van der Waals surface area contributed by atoms with Crippen molar-refractivity contribution in [2.24, 2.45) is 0 Å². The van der Waals surface area contributed by atoms with Gasteiger partial charge in [0.05, 0.1) is 12.1 Å². The maximum absolute atomic E-state index is 13.0. The van der Waals surface area contributed by atoms with E-state index in [-0.39, 0.29) is 37.0 Å². The summed E-state index contributed by atoms with van der Waals surface area (Å²) >= 11 is 0. The molecule has 3 heterocycles. The minimum atomic E-state index is -0.564. The molecule has 3 aliphatic heterocycles. The number of carbonyl (C=O) groups is 3. The number of carbonyl (C=O) groups excluding carboxylic acids is 3. The maximum Gasteiger partial charge on any atom is 0.249 e. The molecule has 3 saturated heterocycles. The van der Waals surface area contributed by atoms with Gasteiger partial charge < -0.3 is 19.4 Å². The van der Waals surface area contributed by atoms with Gasteiger partial charge in [0.2, 0.25) is 17.7 Å². The second kappa shape index (κ2) is 8.14. The molecule has 0 saturated carbocycles. The van der Waals surface area contributed by atoms with Gasteiger partial charge in [0.25, 0.3) is 0 Å². The standard InChI is InChI=1S/C22H29N3O4/c1-23-21(28)16-29-18-14-25(13-11-22(18,23)17-8-4-2-5-9-17)20(27)15-24-12-7-3-6-10-19(24)26/h2,4-5,8-9,18H,3,6-7,10-16H2,1H3/t18-,22+/m1/s1. The van der Waals surface area contributed by atoms with E-state index in [0.29, 0.717) is 32.5 Å². The van der Waals surface area contributed by atoms with Crippen LogP contribution >= 0.6 is 0 Å². The zero-order chi connectivity index (χ0) is 20.4. The molecular weight excluding hydrogens is 370 g/mol. The Morgan fingerprint density at radius 2 is 1.90 bits per heavy atom. The quantitative estimate of drug-likeness (QED) is 0.770. The molecule has 0 aliphatic carbocycles. The van der Waals surface area contributed by atoms with Crippen LogP contribution in [-0.2, 0) is 24.7 Å². The first-order valence-corrected chi connectivity index (χ1v) is 10.5. The highest BCUT2D eigenvalue weighted by atomic mass is 16.5. The van der Waals surface area contributed by atoms with Crippen LogP contribution in [0.5, 0.6) is 0 Å². The van der Waals surface area contributed by atoms with Gasteiger partial charge in [-0.25, -0.2) is 0 Å². The molecule has 156 valence electrons. The van der Waals surface area contributed by atoms with Crippen molar-refractivity contribution in [3.8, 4) is 0 Å². The highest BCUT2D eigenvalue weighted by Gasteiger charge is 2.53. The molecule has 0 bridgehead atoms. The molecule has 7 heteroatoms. The number of rotatable bonds is 3. The van der Waals surface area contributed by atoms with Gasteiger partial charge in [-0.15, -0.1) is 0 Å². The number of nitrogens with zero attached hydrogens (tertiary/aromatic N) is 3. The Morgan fingerprint density at radius 1 is 1.10 bits per heavy atom. The largest absolute Gasteiger partial charge is 0.364 e. The number of morpholine rings is 1.